The third-order valence-corrected chi connectivity index (χ3v) is 4.62. The summed E-state index contributed by atoms with van der Waals surface area (Å²) in [7, 11) is 1.77. The minimum absolute atomic E-state index is 0.195. The number of likely N-dealkylation sites (N-methyl/N-ethyl adjacent to an activating group) is 1. The molecule has 3 aromatic rings. The second-order valence-electron chi connectivity index (χ2n) is 6.81. The minimum Gasteiger partial charge on any atom is -0.507 e. The van der Waals surface area contributed by atoms with Gasteiger partial charge < -0.3 is 19.1 Å². The molecule has 0 fully saturated rings. The van der Waals surface area contributed by atoms with Crippen molar-refractivity contribution in [2.75, 3.05) is 13.6 Å². The van der Waals surface area contributed by atoms with Crippen LogP contribution in [-0.4, -0.2) is 44.6 Å². The Morgan fingerprint density at radius 3 is 2.69 bits per heavy atom. The molecule has 1 atom stereocenters. The maximum absolute atomic E-state index is 13.9. The van der Waals surface area contributed by atoms with Gasteiger partial charge in [0.15, 0.2) is 0 Å². The third kappa shape index (κ3) is 3.82. The van der Waals surface area contributed by atoms with Crippen LogP contribution in [0.4, 0.5) is 17.6 Å². The fourth-order valence-electron chi connectivity index (χ4n) is 3.52. The van der Waals surface area contributed by atoms with Gasteiger partial charge in [0.1, 0.15) is 28.8 Å². The Morgan fingerprint density at radius 2 is 2.00 bits per heavy atom. The number of rotatable bonds is 3. The summed E-state index contributed by atoms with van der Waals surface area (Å²) in [5.74, 6) is -0.892. The number of aromatic nitrogens is 3. The summed E-state index contributed by atoms with van der Waals surface area (Å²) in [6.07, 6.45) is -1.48. The first-order valence-electron chi connectivity index (χ1n) is 8.70. The molecule has 1 N–H and O–H groups in total. The lowest BCUT2D eigenvalue weighted by Gasteiger charge is -2.27. The summed E-state index contributed by atoms with van der Waals surface area (Å²) < 4.78 is 56.6. The zero-order chi connectivity index (χ0) is 20.8. The standard InChI is InChI=1S/C19H16F4N4O2/c1-26-9-11(7-12(20)10-26)18-25-24-17(15-3-2-6-27(15)18)14-5-4-13(8-16(14)28)29-19(21,22)23/h2-6,8,10-11,28H,7,9H2,1H3. The molecule has 29 heavy (non-hydrogen) atoms. The molecule has 1 aliphatic heterocycles. The average molecular weight is 408 g/mol. The smallest absolute Gasteiger partial charge is 0.507 e. The molecule has 0 bridgehead atoms. The van der Waals surface area contributed by atoms with E-state index >= 15 is 0 Å². The molecule has 0 aliphatic carbocycles. The lowest BCUT2D eigenvalue weighted by Crippen LogP contribution is -2.26. The van der Waals surface area contributed by atoms with E-state index < -0.39 is 17.9 Å². The Morgan fingerprint density at radius 1 is 1.21 bits per heavy atom. The highest BCUT2D eigenvalue weighted by Gasteiger charge is 2.31. The predicted octanol–water partition coefficient (Wildman–Crippen LogP) is 4.23. The van der Waals surface area contributed by atoms with E-state index in [0.29, 0.717) is 17.9 Å². The summed E-state index contributed by atoms with van der Waals surface area (Å²) in [5.41, 5.74) is 1.08. The van der Waals surface area contributed by atoms with E-state index in [1.165, 1.54) is 12.3 Å². The van der Waals surface area contributed by atoms with Crippen LogP contribution >= 0.6 is 0 Å². The number of aromatic hydroxyl groups is 1. The number of fused-ring (bicyclic) bond motifs is 1. The molecule has 10 heteroatoms. The van der Waals surface area contributed by atoms with Crippen LogP contribution in [0.5, 0.6) is 11.5 Å². The zero-order valence-corrected chi connectivity index (χ0v) is 15.2. The number of hydrogen-bond acceptors (Lipinski definition) is 5. The number of allylic oxidation sites excluding steroid dienone is 1. The van der Waals surface area contributed by atoms with Crippen LogP contribution in [-0.2, 0) is 0 Å². The van der Waals surface area contributed by atoms with Gasteiger partial charge in [-0.25, -0.2) is 4.39 Å². The van der Waals surface area contributed by atoms with Crippen LogP contribution in [0.3, 0.4) is 0 Å². The van der Waals surface area contributed by atoms with Crippen LogP contribution in [0.2, 0.25) is 0 Å². The number of benzene rings is 1. The van der Waals surface area contributed by atoms with E-state index in [1.807, 2.05) is 0 Å². The first-order chi connectivity index (χ1) is 13.7. The highest BCUT2D eigenvalue weighted by atomic mass is 19.4. The number of halogens is 4. The van der Waals surface area contributed by atoms with Gasteiger partial charge in [-0.1, -0.05) is 0 Å². The first-order valence-corrected chi connectivity index (χ1v) is 8.70. The van der Waals surface area contributed by atoms with Crippen LogP contribution in [0, 0.1) is 0 Å². The van der Waals surface area contributed by atoms with Crippen molar-refractivity contribution in [3.05, 3.63) is 54.4 Å². The van der Waals surface area contributed by atoms with E-state index in [1.54, 1.807) is 34.7 Å². The summed E-state index contributed by atoms with van der Waals surface area (Å²) >= 11 is 0. The Balaban J connectivity index is 1.74. The second kappa shape index (κ2) is 6.94. The molecule has 6 nitrogen and oxygen atoms in total. The molecular formula is C19H16F4N4O2. The van der Waals surface area contributed by atoms with Gasteiger partial charge >= 0.3 is 6.36 Å². The minimum atomic E-state index is -4.86. The summed E-state index contributed by atoms with van der Waals surface area (Å²) in [6.45, 7) is 0.559. The van der Waals surface area contributed by atoms with Gasteiger partial charge in [-0.15, -0.1) is 23.4 Å². The Bertz CT molecular complexity index is 1090. The molecule has 3 heterocycles. The number of hydrogen-bond donors (Lipinski definition) is 1. The molecule has 152 valence electrons. The molecule has 1 aliphatic rings. The predicted molar refractivity (Wildman–Crippen MR) is 95.9 cm³/mol. The van der Waals surface area contributed by atoms with Crippen molar-refractivity contribution < 1.29 is 27.4 Å². The van der Waals surface area contributed by atoms with Crippen molar-refractivity contribution in [1.82, 2.24) is 19.5 Å². The molecular weight excluding hydrogens is 392 g/mol. The second-order valence-corrected chi connectivity index (χ2v) is 6.81. The molecule has 0 saturated heterocycles. The van der Waals surface area contributed by atoms with Gasteiger partial charge in [0.05, 0.1) is 5.52 Å². The van der Waals surface area contributed by atoms with E-state index in [-0.39, 0.29) is 29.4 Å². The number of nitrogens with zero attached hydrogens (tertiary/aromatic N) is 4. The molecule has 2 aromatic heterocycles. The first kappa shape index (κ1) is 19.0. The zero-order valence-electron chi connectivity index (χ0n) is 15.2. The van der Waals surface area contributed by atoms with Crippen molar-refractivity contribution in [1.29, 1.82) is 0 Å². The quantitative estimate of drug-likeness (QED) is 0.658. The maximum atomic E-state index is 13.9. The van der Waals surface area contributed by atoms with Gasteiger partial charge in [-0.05, 0) is 24.3 Å². The highest BCUT2D eigenvalue weighted by Crippen LogP contribution is 2.36. The van der Waals surface area contributed by atoms with Crippen molar-refractivity contribution in [2.45, 2.75) is 18.7 Å². The van der Waals surface area contributed by atoms with Gasteiger partial charge in [-0.3, -0.25) is 0 Å². The van der Waals surface area contributed by atoms with E-state index in [4.69, 9.17) is 0 Å². The molecule has 0 spiro atoms. The van der Waals surface area contributed by atoms with Crippen LogP contribution < -0.4 is 4.74 Å². The largest absolute Gasteiger partial charge is 0.573 e. The maximum Gasteiger partial charge on any atom is 0.573 e. The lowest BCUT2D eigenvalue weighted by molar-refractivity contribution is -0.274. The van der Waals surface area contributed by atoms with Crippen molar-refractivity contribution in [2.24, 2.45) is 0 Å². The van der Waals surface area contributed by atoms with Crippen molar-refractivity contribution in [3.63, 3.8) is 0 Å². The Hall–Kier alpha value is -3.30. The van der Waals surface area contributed by atoms with Gasteiger partial charge in [0.2, 0.25) is 0 Å². The monoisotopic (exact) mass is 408 g/mol. The number of ether oxygens (including phenoxy) is 1. The number of alkyl halides is 3. The highest BCUT2D eigenvalue weighted by molar-refractivity contribution is 5.80. The molecule has 4 rings (SSSR count). The van der Waals surface area contributed by atoms with E-state index in [0.717, 1.165) is 12.1 Å². The summed E-state index contributed by atoms with van der Waals surface area (Å²) in [4.78, 5) is 1.74. The van der Waals surface area contributed by atoms with E-state index in [2.05, 4.69) is 14.9 Å². The van der Waals surface area contributed by atoms with Gasteiger partial charge in [0.25, 0.3) is 0 Å². The number of phenolic OH excluding ortho intramolecular Hbond substituents is 1. The number of phenols is 1. The van der Waals surface area contributed by atoms with Crippen molar-refractivity contribution in [3.8, 4) is 22.8 Å². The van der Waals surface area contributed by atoms with Crippen LogP contribution in [0.1, 0.15) is 18.2 Å². The molecule has 0 amide bonds. The average Bonchev–Trinajstić information content (AvgIpc) is 3.09. The van der Waals surface area contributed by atoms with Gasteiger partial charge in [0, 0.05) is 50.0 Å². The van der Waals surface area contributed by atoms with Crippen molar-refractivity contribution >= 4 is 5.52 Å². The molecule has 1 aromatic carbocycles. The fraction of sp³-hybridized carbons (Fsp3) is 0.263. The summed E-state index contributed by atoms with van der Waals surface area (Å²) in [5, 5.41) is 18.7. The molecule has 1 unspecified atom stereocenters. The normalized spacial score (nSPS) is 17.5. The van der Waals surface area contributed by atoms with Crippen LogP contribution in [0.15, 0.2) is 48.6 Å². The lowest BCUT2D eigenvalue weighted by atomic mass is 10.0. The Kier molecular flexibility index (Phi) is 4.56. The topological polar surface area (TPSA) is 62.9 Å². The third-order valence-electron chi connectivity index (χ3n) is 4.62. The molecule has 0 saturated carbocycles. The SMILES string of the molecule is CN1C=C(F)CC(c2nnc(-c3ccc(OC(F)(F)F)cc3O)c3cccn23)C1. The van der Waals surface area contributed by atoms with Gasteiger partial charge in [-0.2, -0.15) is 0 Å². The van der Waals surface area contributed by atoms with E-state index in [9.17, 15) is 22.7 Å². The Labute approximate surface area is 162 Å². The molecule has 0 radical (unpaired) electrons. The summed E-state index contributed by atoms with van der Waals surface area (Å²) in [6, 6.07) is 6.74. The fourth-order valence-corrected chi connectivity index (χ4v) is 3.52. The van der Waals surface area contributed by atoms with Crippen LogP contribution in [0.25, 0.3) is 16.8 Å².